The van der Waals surface area contributed by atoms with E-state index in [0.29, 0.717) is 30.0 Å². The first-order chi connectivity index (χ1) is 12.4. The van der Waals surface area contributed by atoms with E-state index in [0.717, 1.165) is 12.8 Å². The van der Waals surface area contributed by atoms with Crippen molar-refractivity contribution in [1.82, 2.24) is 4.90 Å². The molecular weight excluding hydrogens is 334 g/mol. The van der Waals surface area contributed by atoms with Crippen LogP contribution in [0.1, 0.15) is 38.7 Å². The number of nitriles is 1. The summed E-state index contributed by atoms with van der Waals surface area (Å²) in [6, 6.07) is 6.65. The molecule has 1 aromatic carbocycles. The molecule has 1 aliphatic carbocycles. The lowest BCUT2D eigenvalue weighted by Crippen LogP contribution is -2.38. The molecule has 2 fully saturated rings. The van der Waals surface area contributed by atoms with Gasteiger partial charge in [-0.2, -0.15) is 5.26 Å². The molecule has 0 bridgehead atoms. The number of aliphatic carboxylic acids is 1. The zero-order valence-corrected chi connectivity index (χ0v) is 15.0. The first-order valence-electron chi connectivity index (χ1n) is 8.86. The lowest BCUT2D eigenvalue weighted by Gasteiger charge is -2.23. The number of hydrogen-bond acceptors (Lipinski definition) is 4. The second-order valence-electron chi connectivity index (χ2n) is 7.35. The van der Waals surface area contributed by atoms with Crippen LogP contribution in [0.3, 0.4) is 0 Å². The summed E-state index contributed by atoms with van der Waals surface area (Å²) in [4.78, 5) is 25.9. The predicted octanol–water partition coefficient (Wildman–Crippen LogP) is 3.06. The normalized spacial score (nSPS) is 24.2. The number of urea groups is 1. The fraction of sp³-hybridized carbons (Fsp3) is 0.526. The van der Waals surface area contributed by atoms with Crippen LogP contribution in [-0.2, 0) is 4.79 Å². The number of fused-ring (bicyclic) bond motifs is 1. The topological polar surface area (TPSA) is 103 Å². The number of nitrogens with one attached hydrogen (secondary N) is 1. The number of likely N-dealkylation sites (tertiary alicyclic amines) is 1. The van der Waals surface area contributed by atoms with Gasteiger partial charge in [0.1, 0.15) is 11.8 Å². The molecular formula is C19H23N3O4. The van der Waals surface area contributed by atoms with Gasteiger partial charge in [-0.3, -0.25) is 4.79 Å². The fourth-order valence-electron chi connectivity index (χ4n) is 4.05. The molecule has 0 spiro atoms. The van der Waals surface area contributed by atoms with E-state index in [4.69, 9.17) is 4.74 Å². The number of rotatable bonds is 4. The molecule has 2 atom stereocenters. The summed E-state index contributed by atoms with van der Waals surface area (Å²) in [5.74, 6) is -0.319. The van der Waals surface area contributed by atoms with Crippen LogP contribution in [-0.4, -0.2) is 41.2 Å². The maximum absolute atomic E-state index is 12.6. The molecule has 1 saturated carbocycles. The van der Waals surface area contributed by atoms with Crippen LogP contribution in [0.2, 0.25) is 0 Å². The molecule has 1 heterocycles. The Morgan fingerprint density at radius 3 is 2.85 bits per heavy atom. The van der Waals surface area contributed by atoms with Gasteiger partial charge in [0.05, 0.1) is 17.1 Å². The Kier molecular flexibility index (Phi) is 4.77. The SMILES string of the molecule is CC(C)Oc1ccc(NC(=O)N2C[C@@H]3CCC[C@@]3(C(=O)O)C2)cc1C#N. The molecule has 7 nitrogen and oxygen atoms in total. The van der Waals surface area contributed by atoms with Gasteiger partial charge in [0.2, 0.25) is 0 Å². The van der Waals surface area contributed by atoms with Crippen LogP contribution in [0, 0.1) is 22.7 Å². The number of carbonyl (C=O) groups excluding carboxylic acids is 1. The summed E-state index contributed by atoms with van der Waals surface area (Å²) in [6.45, 7) is 4.44. The molecule has 2 aliphatic rings. The monoisotopic (exact) mass is 357 g/mol. The van der Waals surface area contributed by atoms with Gasteiger partial charge < -0.3 is 20.1 Å². The molecule has 0 radical (unpaired) electrons. The number of carbonyl (C=O) groups is 2. The molecule has 2 amide bonds. The Bertz CT molecular complexity index is 771. The summed E-state index contributed by atoms with van der Waals surface area (Å²) in [7, 11) is 0. The van der Waals surface area contributed by atoms with Gasteiger partial charge in [-0.1, -0.05) is 6.42 Å². The summed E-state index contributed by atoms with van der Waals surface area (Å²) < 4.78 is 5.57. The number of nitrogens with zero attached hydrogens (tertiary/aromatic N) is 2. The van der Waals surface area contributed by atoms with Crippen molar-refractivity contribution < 1.29 is 19.4 Å². The third kappa shape index (κ3) is 3.19. The van der Waals surface area contributed by atoms with Crippen molar-refractivity contribution in [2.75, 3.05) is 18.4 Å². The molecule has 1 aromatic rings. The van der Waals surface area contributed by atoms with Crippen molar-refractivity contribution in [1.29, 1.82) is 5.26 Å². The smallest absolute Gasteiger partial charge is 0.321 e. The van der Waals surface area contributed by atoms with Gasteiger partial charge in [-0.25, -0.2) is 4.79 Å². The van der Waals surface area contributed by atoms with E-state index in [1.165, 1.54) is 0 Å². The van der Waals surface area contributed by atoms with Crippen LogP contribution in [0.25, 0.3) is 0 Å². The minimum atomic E-state index is -0.808. The van der Waals surface area contributed by atoms with Crippen LogP contribution in [0.5, 0.6) is 5.75 Å². The summed E-state index contributed by atoms with van der Waals surface area (Å²) in [6.07, 6.45) is 2.31. The molecule has 26 heavy (non-hydrogen) atoms. The number of benzene rings is 1. The molecule has 138 valence electrons. The van der Waals surface area contributed by atoms with E-state index in [1.807, 2.05) is 13.8 Å². The third-order valence-corrected chi connectivity index (χ3v) is 5.30. The van der Waals surface area contributed by atoms with Crippen molar-refractivity contribution in [3.05, 3.63) is 23.8 Å². The van der Waals surface area contributed by atoms with E-state index in [1.54, 1.807) is 23.1 Å². The summed E-state index contributed by atoms with van der Waals surface area (Å²) >= 11 is 0. The fourth-order valence-corrected chi connectivity index (χ4v) is 4.05. The second kappa shape index (κ2) is 6.87. The molecule has 1 aliphatic heterocycles. The molecule has 0 unspecified atom stereocenters. The zero-order chi connectivity index (χ0) is 18.9. The second-order valence-corrected chi connectivity index (χ2v) is 7.35. The quantitative estimate of drug-likeness (QED) is 0.862. The van der Waals surface area contributed by atoms with Gasteiger partial charge in [-0.05, 0) is 50.8 Å². The van der Waals surface area contributed by atoms with E-state index < -0.39 is 11.4 Å². The Morgan fingerprint density at radius 2 is 2.23 bits per heavy atom. The van der Waals surface area contributed by atoms with Gasteiger partial charge in [0, 0.05) is 18.8 Å². The highest BCUT2D eigenvalue weighted by Crippen LogP contribution is 2.48. The first-order valence-corrected chi connectivity index (χ1v) is 8.86. The Labute approximate surface area is 152 Å². The summed E-state index contributed by atoms with van der Waals surface area (Å²) in [5.41, 5.74) is 0.0327. The third-order valence-electron chi connectivity index (χ3n) is 5.30. The van der Waals surface area contributed by atoms with E-state index in [-0.39, 0.29) is 24.6 Å². The van der Waals surface area contributed by atoms with Crippen molar-refractivity contribution in [3.63, 3.8) is 0 Å². The van der Waals surface area contributed by atoms with Crippen molar-refractivity contribution in [2.45, 2.75) is 39.2 Å². The average molecular weight is 357 g/mol. The highest BCUT2D eigenvalue weighted by atomic mass is 16.5. The predicted molar refractivity (Wildman–Crippen MR) is 94.9 cm³/mol. The van der Waals surface area contributed by atoms with Crippen LogP contribution < -0.4 is 10.1 Å². The number of anilines is 1. The van der Waals surface area contributed by atoms with E-state index in [2.05, 4.69) is 11.4 Å². The largest absolute Gasteiger partial charge is 0.490 e. The maximum atomic E-state index is 12.6. The molecule has 7 heteroatoms. The van der Waals surface area contributed by atoms with Gasteiger partial charge in [0.15, 0.2) is 0 Å². The zero-order valence-electron chi connectivity index (χ0n) is 15.0. The molecule has 2 N–H and O–H groups in total. The van der Waals surface area contributed by atoms with Gasteiger partial charge >= 0.3 is 12.0 Å². The van der Waals surface area contributed by atoms with E-state index >= 15 is 0 Å². The van der Waals surface area contributed by atoms with Crippen molar-refractivity contribution >= 4 is 17.7 Å². The molecule has 3 rings (SSSR count). The van der Waals surface area contributed by atoms with Gasteiger partial charge in [0.25, 0.3) is 0 Å². The highest BCUT2D eigenvalue weighted by molar-refractivity contribution is 5.91. The summed E-state index contributed by atoms with van der Waals surface area (Å²) in [5, 5.41) is 21.7. The minimum absolute atomic E-state index is 0.0160. The van der Waals surface area contributed by atoms with Crippen LogP contribution >= 0.6 is 0 Å². The number of carboxylic acid groups (broad SMARTS) is 1. The average Bonchev–Trinajstić information content (AvgIpc) is 3.14. The Balaban J connectivity index is 1.71. The number of ether oxygens (including phenoxy) is 1. The van der Waals surface area contributed by atoms with E-state index in [9.17, 15) is 20.0 Å². The number of amides is 2. The Hall–Kier alpha value is -2.75. The first kappa shape index (κ1) is 18.1. The van der Waals surface area contributed by atoms with Gasteiger partial charge in [-0.15, -0.1) is 0 Å². The lowest BCUT2D eigenvalue weighted by atomic mass is 9.81. The molecule has 1 saturated heterocycles. The minimum Gasteiger partial charge on any atom is -0.490 e. The Morgan fingerprint density at radius 1 is 1.46 bits per heavy atom. The lowest BCUT2D eigenvalue weighted by molar-refractivity contribution is -0.149. The highest BCUT2D eigenvalue weighted by Gasteiger charge is 2.55. The number of hydrogen-bond donors (Lipinski definition) is 2. The maximum Gasteiger partial charge on any atom is 0.321 e. The van der Waals surface area contributed by atoms with Crippen molar-refractivity contribution in [2.24, 2.45) is 11.3 Å². The standard InChI is InChI=1S/C19H23N3O4/c1-12(2)26-16-6-5-15(8-13(16)9-20)21-18(25)22-10-14-4-3-7-19(14,11-22)17(23)24/h5-6,8,12,14H,3-4,7,10-11H2,1-2H3,(H,21,25)(H,23,24)/t14-,19+/m0/s1. The van der Waals surface area contributed by atoms with Crippen molar-refractivity contribution in [3.8, 4) is 11.8 Å². The van der Waals surface area contributed by atoms with Crippen LogP contribution in [0.15, 0.2) is 18.2 Å². The molecule has 0 aromatic heterocycles. The van der Waals surface area contributed by atoms with Crippen LogP contribution in [0.4, 0.5) is 10.5 Å². The number of carboxylic acids is 1.